The van der Waals surface area contributed by atoms with E-state index in [0.717, 1.165) is 31.1 Å². The largest absolute Gasteiger partial charge is 0.313 e. The van der Waals surface area contributed by atoms with Gasteiger partial charge in [0.25, 0.3) is 0 Å². The molecule has 1 saturated heterocycles. The summed E-state index contributed by atoms with van der Waals surface area (Å²) in [5.74, 6) is 1.65. The van der Waals surface area contributed by atoms with Crippen LogP contribution in [-0.4, -0.2) is 47.3 Å². The fraction of sp³-hybridized carbons (Fsp3) is 0.625. The summed E-state index contributed by atoms with van der Waals surface area (Å²) in [5, 5.41) is 3.47. The first kappa shape index (κ1) is 15.7. The highest BCUT2D eigenvalue weighted by atomic mass is 32.2. The molecule has 3 nitrogen and oxygen atoms in total. The molecule has 1 unspecified atom stereocenters. The third-order valence-electron chi connectivity index (χ3n) is 4.10. The van der Waals surface area contributed by atoms with E-state index < -0.39 is 10.8 Å². The lowest BCUT2D eigenvalue weighted by molar-refractivity contribution is 0.148. The van der Waals surface area contributed by atoms with Crippen LogP contribution in [0.25, 0.3) is 0 Å². The third-order valence-corrected chi connectivity index (χ3v) is 5.38. The minimum atomic E-state index is -0.595. The molecule has 112 valence electrons. The predicted molar refractivity (Wildman–Crippen MR) is 86.3 cm³/mol. The molecular formula is C16H26N2OS. The topological polar surface area (TPSA) is 32.3 Å². The van der Waals surface area contributed by atoms with Gasteiger partial charge >= 0.3 is 0 Å². The van der Waals surface area contributed by atoms with Gasteiger partial charge in [0.1, 0.15) is 0 Å². The molecule has 1 aromatic rings. The van der Waals surface area contributed by atoms with Gasteiger partial charge in [0.15, 0.2) is 0 Å². The summed E-state index contributed by atoms with van der Waals surface area (Å²) in [5.41, 5.74) is 1.47. The van der Waals surface area contributed by atoms with Crippen molar-refractivity contribution < 1.29 is 4.21 Å². The molecule has 1 aliphatic rings. The van der Waals surface area contributed by atoms with E-state index in [9.17, 15) is 4.21 Å². The van der Waals surface area contributed by atoms with Crippen LogP contribution in [0.15, 0.2) is 30.3 Å². The Bertz CT molecular complexity index is 437. The van der Waals surface area contributed by atoms with Crippen LogP contribution in [0.1, 0.15) is 25.5 Å². The lowest BCUT2D eigenvalue weighted by atomic mass is 9.80. The first-order chi connectivity index (χ1) is 9.53. The van der Waals surface area contributed by atoms with Gasteiger partial charge in [-0.15, -0.1) is 0 Å². The number of nitrogens with one attached hydrogen (secondary N) is 1. The standard InChI is InChI=1S/C16H26N2OS/c1-16(2,13-18-9-11-20(19)12-10-18)15(17-3)14-7-5-4-6-8-14/h4-8,15,17H,9-13H2,1-3H3. The maximum Gasteiger partial charge on any atom is 0.0381 e. The van der Waals surface area contributed by atoms with Crippen LogP contribution in [0.2, 0.25) is 0 Å². The average Bonchev–Trinajstić information content (AvgIpc) is 2.43. The maximum absolute atomic E-state index is 11.5. The molecular weight excluding hydrogens is 268 g/mol. The number of hydrogen-bond acceptors (Lipinski definition) is 3. The van der Waals surface area contributed by atoms with Crippen LogP contribution in [0.3, 0.4) is 0 Å². The number of benzene rings is 1. The van der Waals surface area contributed by atoms with Crippen molar-refractivity contribution in [2.45, 2.75) is 19.9 Å². The van der Waals surface area contributed by atoms with E-state index in [-0.39, 0.29) is 5.41 Å². The van der Waals surface area contributed by atoms with Crippen LogP contribution < -0.4 is 5.32 Å². The molecule has 1 aromatic carbocycles. The second-order valence-electron chi connectivity index (χ2n) is 6.25. The van der Waals surface area contributed by atoms with E-state index in [0.29, 0.717) is 6.04 Å². The Balaban J connectivity index is 2.05. The molecule has 4 heteroatoms. The first-order valence-corrected chi connectivity index (χ1v) is 8.81. The van der Waals surface area contributed by atoms with Crippen molar-refractivity contribution in [3.05, 3.63) is 35.9 Å². The normalized spacial score (nSPS) is 19.9. The van der Waals surface area contributed by atoms with Gasteiger partial charge in [-0.1, -0.05) is 44.2 Å². The lowest BCUT2D eigenvalue weighted by Crippen LogP contribution is -2.46. The molecule has 1 fully saturated rings. The second kappa shape index (κ2) is 6.83. The van der Waals surface area contributed by atoms with Gasteiger partial charge in [-0.25, -0.2) is 0 Å². The summed E-state index contributed by atoms with van der Waals surface area (Å²) >= 11 is 0. The zero-order valence-corrected chi connectivity index (χ0v) is 13.6. The first-order valence-electron chi connectivity index (χ1n) is 7.32. The molecule has 1 N–H and O–H groups in total. The Hall–Kier alpha value is -0.710. The van der Waals surface area contributed by atoms with Crippen LogP contribution in [0.5, 0.6) is 0 Å². The van der Waals surface area contributed by atoms with Gasteiger partial charge in [-0.3, -0.25) is 4.21 Å². The summed E-state index contributed by atoms with van der Waals surface area (Å²) in [6.45, 7) is 7.58. The Kier molecular flexibility index (Phi) is 5.35. The maximum atomic E-state index is 11.5. The summed E-state index contributed by atoms with van der Waals surface area (Å²) < 4.78 is 11.5. The molecule has 1 atom stereocenters. The van der Waals surface area contributed by atoms with Gasteiger partial charge in [-0.2, -0.15) is 0 Å². The van der Waals surface area contributed by atoms with Crippen molar-refractivity contribution in [2.75, 3.05) is 38.2 Å². The third kappa shape index (κ3) is 3.90. The summed E-state index contributed by atoms with van der Waals surface area (Å²) in [6.07, 6.45) is 0. The van der Waals surface area contributed by atoms with Crippen molar-refractivity contribution >= 4 is 10.8 Å². The average molecular weight is 294 g/mol. The molecule has 0 aliphatic carbocycles. The Morgan fingerprint density at radius 1 is 1.25 bits per heavy atom. The minimum Gasteiger partial charge on any atom is -0.313 e. The highest BCUT2D eigenvalue weighted by Gasteiger charge is 2.32. The molecule has 1 aliphatic heterocycles. The van der Waals surface area contributed by atoms with Gasteiger partial charge < -0.3 is 10.2 Å². The van der Waals surface area contributed by atoms with Crippen LogP contribution in [-0.2, 0) is 10.8 Å². The number of nitrogens with zero attached hydrogens (tertiary/aromatic N) is 1. The van der Waals surface area contributed by atoms with Crippen molar-refractivity contribution in [3.8, 4) is 0 Å². The summed E-state index contributed by atoms with van der Waals surface area (Å²) in [4.78, 5) is 2.45. The monoisotopic (exact) mass is 294 g/mol. The van der Waals surface area contributed by atoms with E-state index >= 15 is 0 Å². The molecule has 1 heterocycles. The van der Waals surface area contributed by atoms with E-state index in [2.05, 4.69) is 54.4 Å². The van der Waals surface area contributed by atoms with Gasteiger partial charge in [0.05, 0.1) is 0 Å². The molecule has 0 spiro atoms. The van der Waals surface area contributed by atoms with Crippen molar-refractivity contribution in [3.63, 3.8) is 0 Å². The lowest BCUT2D eigenvalue weighted by Gasteiger charge is -2.40. The van der Waals surface area contributed by atoms with Crippen LogP contribution in [0, 0.1) is 5.41 Å². The van der Waals surface area contributed by atoms with Gasteiger partial charge in [0.2, 0.25) is 0 Å². The van der Waals surface area contributed by atoms with Gasteiger partial charge in [-0.05, 0) is 18.0 Å². The van der Waals surface area contributed by atoms with Crippen LogP contribution in [0.4, 0.5) is 0 Å². The SMILES string of the molecule is CNC(c1ccccc1)C(C)(C)CN1CCS(=O)CC1. The molecule has 0 saturated carbocycles. The molecule has 0 amide bonds. The minimum absolute atomic E-state index is 0.134. The van der Waals surface area contributed by atoms with Crippen molar-refractivity contribution in [1.29, 1.82) is 0 Å². The van der Waals surface area contributed by atoms with E-state index in [4.69, 9.17) is 0 Å². The Labute approximate surface area is 125 Å². The smallest absolute Gasteiger partial charge is 0.0381 e. The zero-order chi connectivity index (χ0) is 14.6. The van der Waals surface area contributed by atoms with E-state index in [1.807, 2.05) is 7.05 Å². The van der Waals surface area contributed by atoms with Crippen LogP contribution >= 0.6 is 0 Å². The molecule has 0 bridgehead atoms. The molecule has 20 heavy (non-hydrogen) atoms. The van der Waals surface area contributed by atoms with E-state index in [1.54, 1.807) is 0 Å². The quantitative estimate of drug-likeness (QED) is 0.902. The predicted octanol–water partition coefficient (Wildman–Crippen LogP) is 2.04. The fourth-order valence-electron chi connectivity index (χ4n) is 3.16. The molecule has 2 rings (SSSR count). The van der Waals surface area contributed by atoms with Crippen molar-refractivity contribution in [2.24, 2.45) is 5.41 Å². The Morgan fingerprint density at radius 2 is 1.85 bits per heavy atom. The summed E-state index contributed by atoms with van der Waals surface area (Å²) in [6, 6.07) is 11.0. The van der Waals surface area contributed by atoms with E-state index in [1.165, 1.54) is 5.56 Å². The molecule has 0 aromatic heterocycles. The molecule has 0 radical (unpaired) electrons. The highest BCUT2D eigenvalue weighted by Crippen LogP contribution is 2.34. The highest BCUT2D eigenvalue weighted by molar-refractivity contribution is 7.85. The number of hydrogen-bond donors (Lipinski definition) is 1. The van der Waals surface area contributed by atoms with Gasteiger partial charge in [0, 0.05) is 48.0 Å². The second-order valence-corrected chi connectivity index (χ2v) is 7.94. The fourth-order valence-corrected chi connectivity index (χ4v) is 4.28. The summed E-state index contributed by atoms with van der Waals surface area (Å²) in [7, 11) is 1.44. The zero-order valence-electron chi connectivity index (χ0n) is 12.8. The Morgan fingerprint density at radius 3 is 2.40 bits per heavy atom. The van der Waals surface area contributed by atoms with Crippen molar-refractivity contribution in [1.82, 2.24) is 10.2 Å². The number of rotatable bonds is 5.